The van der Waals surface area contributed by atoms with Crippen LogP contribution in [0.15, 0.2) is 54.7 Å². The Bertz CT molecular complexity index is 642. The molecule has 3 rings (SSSR count). The maximum absolute atomic E-state index is 2.29. The fourth-order valence-corrected chi connectivity index (χ4v) is 2.70. The molecule has 0 fully saturated rings. The molecule has 2 aromatic rings. The van der Waals surface area contributed by atoms with Crippen molar-refractivity contribution in [1.29, 1.82) is 0 Å². The lowest BCUT2D eigenvalue weighted by Gasteiger charge is -2.27. The van der Waals surface area contributed by atoms with Crippen molar-refractivity contribution >= 4 is 11.3 Å². The van der Waals surface area contributed by atoms with Gasteiger partial charge in [-0.3, -0.25) is 0 Å². The van der Waals surface area contributed by atoms with Gasteiger partial charge in [-0.05, 0) is 28.8 Å². The lowest BCUT2D eigenvalue weighted by Crippen LogP contribution is -2.18. The van der Waals surface area contributed by atoms with Crippen LogP contribution < -0.4 is 4.90 Å². The molecule has 0 aromatic heterocycles. The number of hydrogen-bond donors (Lipinski definition) is 0. The van der Waals surface area contributed by atoms with Gasteiger partial charge in [-0.1, -0.05) is 36.4 Å². The molecule has 0 radical (unpaired) electrons. The summed E-state index contributed by atoms with van der Waals surface area (Å²) in [6, 6.07) is 17.3. The van der Waals surface area contributed by atoms with Gasteiger partial charge in [-0.15, -0.1) is 0 Å². The molecule has 0 saturated carbocycles. The smallest absolute Gasteiger partial charge is 0.0427 e. The Morgan fingerprint density at radius 1 is 1.00 bits per heavy atom. The molecule has 0 N–H and O–H groups in total. The molecule has 1 aliphatic heterocycles. The van der Waals surface area contributed by atoms with Crippen LogP contribution in [0.3, 0.4) is 0 Å². The first kappa shape index (κ1) is 12.8. The minimum Gasteiger partial charge on any atom is -0.378 e. The van der Waals surface area contributed by atoms with Crippen LogP contribution in [-0.2, 0) is 6.54 Å². The van der Waals surface area contributed by atoms with E-state index in [1.54, 1.807) is 0 Å². The SMILES string of the molecule is CN1C=C(c2ccccc2)c2ccc(N(C)C)cc2C1. The van der Waals surface area contributed by atoms with E-state index < -0.39 is 0 Å². The van der Waals surface area contributed by atoms with Crippen LogP contribution in [0.1, 0.15) is 16.7 Å². The predicted octanol–water partition coefficient (Wildman–Crippen LogP) is 3.59. The highest BCUT2D eigenvalue weighted by Crippen LogP contribution is 2.33. The Hall–Kier alpha value is -2.22. The van der Waals surface area contributed by atoms with Crippen molar-refractivity contribution in [3.8, 4) is 0 Å². The molecule has 102 valence electrons. The summed E-state index contributed by atoms with van der Waals surface area (Å²) in [5, 5.41) is 0. The van der Waals surface area contributed by atoms with E-state index in [1.807, 2.05) is 0 Å². The minimum absolute atomic E-state index is 0.966. The molecule has 20 heavy (non-hydrogen) atoms. The molecule has 0 unspecified atom stereocenters. The maximum atomic E-state index is 2.29. The highest BCUT2D eigenvalue weighted by Gasteiger charge is 2.17. The van der Waals surface area contributed by atoms with Crippen molar-refractivity contribution in [2.75, 3.05) is 26.0 Å². The van der Waals surface area contributed by atoms with Crippen LogP contribution in [0, 0.1) is 0 Å². The summed E-state index contributed by atoms with van der Waals surface area (Å²) >= 11 is 0. The lowest BCUT2D eigenvalue weighted by molar-refractivity contribution is 0.446. The van der Waals surface area contributed by atoms with Crippen molar-refractivity contribution in [2.45, 2.75) is 6.54 Å². The van der Waals surface area contributed by atoms with E-state index in [0.29, 0.717) is 0 Å². The fourth-order valence-electron chi connectivity index (χ4n) is 2.70. The Morgan fingerprint density at radius 2 is 1.75 bits per heavy atom. The summed E-state index contributed by atoms with van der Waals surface area (Å²) in [4.78, 5) is 4.41. The highest BCUT2D eigenvalue weighted by atomic mass is 15.1. The highest BCUT2D eigenvalue weighted by molar-refractivity contribution is 5.83. The van der Waals surface area contributed by atoms with E-state index in [4.69, 9.17) is 0 Å². The van der Waals surface area contributed by atoms with Crippen molar-refractivity contribution in [1.82, 2.24) is 4.90 Å². The number of rotatable bonds is 2. The average molecular weight is 264 g/mol. The molecule has 2 nitrogen and oxygen atoms in total. The van der Waals surface area contributed by atoms with E-state index in [1.165, 1.54) is 28.0 Å². The largest absolute Gasteiger partial charge is 0.378 e. The summed E-state index contributed by atoms with van der Waals surface area (Å²) < 4.78 is 0. The third-order valence-electron chi connectivity index (χ3n) is 3.75. The predicted molar refractivity (Wildman–Crippen MR) is 85.8 cm³/mol. The third-order valence-corrected chi connectivity index (χ3v) is 3.75. The number of benzene rings is 2. The van der Waals surface area contributed by atoms with Crippen LogP contribution in [0.25, 0.3) is 5.57 Å². The van der Waals surface area contributed by atoms with Gasteiger partial charge in [0.15, 0.2) is 0 Å². The zero-order valence-electron chi connectivity index (χ0n) is 12.3. The van der Waals surface area contributed by atoms with Gasteiger partial charge >= 0.3 is 0 Å². The number of nitrogens with zero attached hydrogens (tertiary/aromatic N) is 2. The molecule has 1 heterocycles. The number of fused-ring (bicyclic) bond motifs is 1. The summed E-state index contributed by atoms with van der Waals surface area (Å²) in [6.45, 7) is 0.966. The second kappa shape index (κ2) is 5.04. The molecular formula is C18H20N2. The van der Waals surface area contributed by atoms with Gasteiger partial charge in [0.25, 0.3) is 0 Å². The Morgan fingerprint density at radius 3 is 2.45 bits per heavy atom. The quantitative estimate of drug-likeness (QED) is 0.818. The second-order valence-corrected chi connectivity index (χ2v) is 5.56. The number of anilines is 1. The van der Waals surface area contributed by atoms with Crippen molar-refractivity contribution < 1.29 is 0 Å². The summed E-state index contributed by atoms with van der Waals surface area (Å²) in [7, 11) is 6.30. The van der Waals surface area contributed by atoms with Gasteiger partial charge < -0.3 is 9.80 Å². The normalized spacial score (nSPS) is 13.8. The first-order valence-corrected chi connectivity index (χ1v) is 6.93. The minimum atomic E-state index is 0.966. The van der Waals surface area contributed by atoms with Crippen LogP contribution >= 0.6 is 0 Å². The van der Waals surface area contributed by atoms with Crippen molar-refractivity contribution in [2.24, 2.45) is 0 Å². The molecule has 2 heteroatoms. The summed E-state index contributed by atoms with van der Waals surface area (Å²) in [6.07, 6.45) is 2.24. The standard InChI is InChI=1S/C18H20N2/c1-19(2)16-9-10-17-15(11-16)12-20(3)13-18(17)14-7-5-4-6-8-14/h4-11,13H,12H2,1-3H3. The van der Waals surface area contributed by atoms with Crippen LogP contribution in [0.4, 0.5) is 5.69 Å². The Balaban J connectivity index is 2.10. The molecule has 0 bridgehead atoms. The van der Waals surface area contributed by atoms with Gasteiger partial charge in [-0.2, -0.15) is 0 Å². The zero-order valence-corrected chi connectivity index (χ0v) is 12.3. The first-order valence-electron chi connectivity index (χ1n) is 6.93. The molecular weight excluding hydrogens is 244 g/mol. The Labute approximate surface area is 121 Å². The van der Waals surface area contributed by atoms with E-state index in [-0.39, 0.29) is 0 Å². The first-order chi connectivity index (χ1) is 9.65. The molecule has 2 aromatic carbocycles. The summed E-state index contributed by atoms with van der Waals surface area (Å²) in [5.41, 5.74) is 6.57. The molecule has 1 aliphatic rings. The van der Waals surface area contributed by atoms with E-state index in [9.17, 15) is 0 Å². The molecule has 0 saturated heterocycles. The van der Waals surface area contributed by atoms with E-state index in [0.717, 1.165) is 6.54 Å². The topological polar surface area (TPSA) is 6.48 Å². The van der Waals surface area contributed by atoms with Gasteiger partial charge in [0.1, 0.15) is 0 Å². The maximum Gasteiger partial charge on any atom is 0.0427 e. The summed E-state index contributed by atoms with van der Waals surface area (Å²) in [5.74, 6) is 0. The molecule has 0 aliphatic carbocycles. The second-order valence-electron chi connectivity index (χ2n) is 5.56. The van der Waals surface area contributed by atoms with Crippen molar-refractivity contribution in [3.63, 3.8) is 0 Å². The molecule has 0 atom stereocenters. The van der Waals surface area contributed by atoms with Gasteiger partial charge in [0, 0.05) is 45.1 Å². The van der Waals surface area contributed by atoms with Gasteiger partial charge in [0.05, 0.1) is 0 Å². The molecule has 0 amide bonds. The average Bonchev–Trinajstić information content (AvgIpc) is 2.46. The number of hydrogen-bond acceptors (Lipinski definition) is 2. The molecule has 0 spiro atoms. The zero-order chi connectivity index (χ0) is 14.1. The lowest BCUT2D eigenvalue weighted by atomic mass is 9.91. The van der Waals surface area contributed by atoms with Crippen molar-refractivity contribution in [3.05, 3.63) is 71.4 Å². The van der Waals surface area contributed by atoms with Gasteiger partial charge in [0.2, 0.25) is 0 Å². The van der Waals surface area contributed by atoms with Gasteiger partial charge in [-0.25, -0.2) is 0 Å². The van der Waals surface area contributed by atoms with Crippen LogP contribution in [0.5, 0.6) is 0 Å². The van der Waals surface area contributed by atoms with Crippen LogP contribution in [-0.4, -0.2) is 26.0 Å². The third kappa shape index (κ3) is 2.29. The monoisotopic (exact) mass is 264 g/mol. The van der Waals surface area contributed by atoms with E-state index in [2.05, 4.69) is 85.7 Å². The Kier molecular flexibility index (Phi) is 3.23. The fraction of sp³-hybridized carbons (Fsp3) is 0.222. The van der Waals surface area contributed by atoms with Crippen LogP contribution in [0.2, 0.25) is 0 Å². The van der Waals surface area contributed by atoms with E-state index >= 15 is 0 Å².